The van der Waals surface area contributed by atoms with Gasteiger partial charge in [-0.2, -0.15) is 0 Å². The van der Waals surface area contributed by atoms with Crippen LogP contribution in [0.25, 0.3) is 0 Å². The highest BCUT2D eigenvalue weighted by Crippen LogP contribution is 2.20. The second-order valence-electron chi connectivity index (χ2n) is 4.90. The number of rotatable bonds is 6. The third-order valence-electron chi connectivity index (χ3n) is 3.36. The maximum absolute atomic E-state index is 12.4. The van der Waals surface area contributed by atoms with Gasteiger partial charge in [0.15, 0.2) is 5.78 Å². The average molecular weight is 317 g/mol. The molecule has 2 rings (SSSR count). The zero-order chi connectivity index (χ0) is 15.9. The van der Waals surface area contributed by atoms with Crippen LogP contribution in [-0.4, -0.2) is 24.2 Å². The Labute approximate surface area is 134 Å². The van der Waals surface area contributed by atoms with Crippen molar-refractivity contribution < 1.29 is 14.3 Å². The molecule has 3 nitrogen and oxygen atoms in total. The predicted molar refractivity (Wildman–Crippen MR) is 86.4 cm³/mol. The zero-order valence-corrected chi connectivity index (χ0v) is 13.0. The van der Waals surface area contributed by atoms with Gasteiger partial charge in [0.25, 0.3) is 0 Å². The van der Waals surface area contributed by atoms with E-state index >= 15 is 0 Å². The van der Waals surface area contributed by atoms with Gasteiger partial charge in [-0.3, -0.25) is 9.59 Å². The fourth-order valence-corrected chi connectivity index (χ4v) is 2.18. The Morgan fingerprint density at radius 2 is 1.73 bits per heavy atom. The SMILES string of the molecule is C[C@H](C(=O)OCCCl)c1cccc(C(=O)c2ccccc2)c1. The molecular formula is C18H17ClO3. The van der Waals surface area contributed by atoms with Gasteiger partial charge in [-0.15, -0.1) is 11.6 Å². The first-order valence-corrected chi connectivity index (χ1v) is 7.59. The summed E-state index contributed by atoms with van der Waals surface area (Å²) in [5, 5.41) is 0. The van der Waals surface area contributed by atoms with Crippen LogP contribution in [0.1, 0.15) is 34.3 Å². The molecule has 0 aliphatic carbocycles. The number of hydrogen-bond acceptors (Lipinski definition) is 3. The summed E-state index contributed by atoms with van der Waals surface area (Å²) in [5.74, 6) is -0.578. The fourth-order valence-electron chi connectivity index (χ4n) is 2.11. The lowest BCUT2D eigenvalue weighted by Crippen LogP contribution is -2.15. The molecule has 0 bridgehead atoms. The van der Waals surface area contributed by atoms with E-state index in [2.05, 4.69) is 0 Å². The summed E-state index contributed by atoms with van der Waals surface area (Å²) in [4.78, 5) is 24.3. The van der Waals surface area contributed by atoms with Crippen LogP contribution in [0.5, 0.6) is 0 Å². The van der Waals surface area contributed by atoms with Crippen LogP contribution in [0.2, 0.25) is 0 Å². The molecule has 4 heteroatoms. The van der Waals surface area contributed by atoms with Crippen molar-refractivity contribution in [2.24, 2.45) is 0 Å². The Kier molecular flexibility index (Phi) is 5.73. The van der Waals surface area contributed by atoms with Crippen molar-refractivity contribution in [3.8, 4) is 0 Å². The minimum absolute atomic E-state index is 0.0659. The first-order valence-electron chi connectivity index (χ1n) is 7.06. The molecule has 0 heterocycles. The maximum atomic E-state index is 12.4. The quantitative estimate of drug-likeness (QED) is 0.462. The maximum Gasteiger partial charge on any atom is 0.313 e. The first-order chi connectivity index (χ1) is 10.6. The Balaban J connectivity index is 2.20. The van der Waals surface area contributed by atoms with Gasteiger partial charge < -0.3 is 4.74 Å². The third-order valence-corrected chi connectivity index (χ3v) is 3.51. The molecule has 0 radical (unpaired) electrons. The van der Waals surface area contributed by atoms with Crippen LogP contribution in [0.3, 0.4) is 0 Å². The van der Waals surface area contributed by atoms with Crippen LogP contribution >= 0.6 is 11.6 Å². The highest BCUT2D eigenvalue weighted by atomic mass is 35.5. The summed E-state index contributed by atoms with van der Waals surface area (Å²) in [5.41, 5.74) is 1.93. The minimum Gasteiger partial charge on any atom is -0.464 e. The molecule has 0 saturated heterocycles. The highest BCUT2D eigenvalue weighted by molar-refractivity contribution is 6.18. The number of halogens is 1. The Morgan fingerprint density at radius 1 is 1.05 bits per heavy atom. The number of carbonyl (C=O) groups excluding carboxylic acids is 2. The third kappa shape index (κ3) is 3.95. The Hall–Kier alpha value is -2.13. The van der Waals surface area contributed by atoms with Crippen molar-refractivity contribution in [3.63, 3.8) is 0 Å². The molecule has 0 unspecified atom stereocenters. The van der Waals surface area contributed by atoms with Crippen LogP contribution in [0.4, 0.5) is 0 Å². The molecule has 0 fully saturated rings. The van der Waals surface area contributed by atoms with Gasteiger partial charge in [0.2, 0.25) is 0 Å². The zero-order valence-electron chi connectivity index (χ0n) is 12.3. The van der Waals surface area contributed by atoms with E-state index in [4.69, 9.17) is 16.3 Å². The number of alkyl halides is 1. The average Bonchev–Trinajstić information content (AvgIpc) is 2.59. The standard InChI is InChI=1S/C18H17ClO3/c1-13(18(21)22-11-10-19)15-8-5-9-16(12-15)17(20)14-6-3-2-4-7-14/h2-9,12-13H,10-11H2,1H3/t13-/m0/s1. The molecule has 0 aliphatic heterocycles. The van der Waals surface area contributed by atoms with E-state index in [0.29, 0.717) is 11.1 Å². The number of hydrogen-bond donors (Lipinski definition) is 0. The lowest BCUT2D eigenvalue weighted by Gasteiger charge is -2.12. The van der Waals surface area contributed by atoms with Crippen molar-refractivity contribution in [1.29, 1.82) is 0 Å². The molecule has 2 aromatic rings. The second kappa shape index (κ2) is 7.76. The van der Waals surface area contributed by atoms with Gasteiger partial charge in [-0.25, -0.2) is 0 Å². The van der Waals surface area contributed by atoms with Gasteiger partial charge in [-0.05, 0) is 18.6 Å². The van der Waals surface area contributed by atoms with Crippen molar-refractivity contribution in [2.45, 2.75) is 12.8 Å². The molecule has 0 spiro atoms. The van der Waals surface area contributed by atoms with Gasteiger partial charge >= 0.3 is 5.97 Å². The molecule has 22 heavy (non-hydrogen) atoms. The van der Waals surface area contributed by atoms with Crippen LogP contribution in [-0.2, 0) is 9.53 Å². The molecule has 0 saturated carbocycles. The Morgan fingerprint density at radius 3 is 2.41 bits per heavy atom. The fraction of sp³-hybridized carbons (Fsp3) is 0.222. The van der Waals surface area contributed by atoms with Crippen LogP contribution < -0.4 is 0 Å². The summed E-state index contributed by atoms with van der Waals surface area (Å²) >= 11 is 5.51. The summed E-state index contributed by atoms with van der Waals surface area (Å²) < 4.78 is 5.04. The topological polar surface area (TPSA) is 43.4 Å². The predicted octanol–water partition coefficient (Wildman–Crippen LogP) is 3.80. The van der Waals surface area contributed by atoms with Gasteiger partial charge in [0.1, 0.15) is 6.61 Å². The first kappa shape index (κ1) is 16.2. The highest BCUT2D eigenvalue weighted by Gasteiger charge is 2.18. The summed E-state index contributed by atoms with van der Waals surface area (Å²) in [7, 11) is 0. The summed E-state index contributed by atoms with van der Waals surface area (Å²) in [6.45, 7) is 1.94. The Bertz CT molecular complexity index is 652. The van der Waals surface area contributed by atoms with E-state index in [0.717, 1.165) is 5.56 Å². The van der Waals surface area contributed by atoms with Crippen molar-refractivity contribution >= 4 is 23.4 Å². The van der Waals surface area contributed by atoms with E-state index in [1.54, 1.807) is 37.3 Å². The lowest BCUT2D eigenvalue weighted by molar-refractivity contribution is -0.144. The van der Waals surface area contributed by atoms with E-state index in [9.17, 15) is 9.59 Å². The van der Waals surface area contributed by atoms with E-state index in [1.807, 2.05) is 24.3 Å². The van der Waals surface area contributed by atoms with Crippen molar-refractivity contribution in [2.75, 3.05) is 12.5 Å². The van der Waals surface area contributed by atoms with E-state index in [-0.39, 0.29) is 24.2 Å². The molecule has 2 aromatic carbocycles. The minimum atomic E-state index is -0.438. The normalized spacial score (nSPS) is 11.7. The molecule has 1 atom stereocenters. The molecule has 0 amide bonds. The number of ketones is 1. The van der Waals surface area contributed by atoms with Crippen molar-refractivity contribution in [1.82, 2.24) is 0 Å². The number of ether oxygens (including phenoxy) is 1. The van der Waals surface area contributed by atoms with Crippen molar-refractivity contribution in [3.05, 3.63) is 71.3 Å². The lowest BCUT2D eigenvalue weighted by atomic mass is 9.96. The number of esters is 1. The molecular weight excluding hydrogens is 300 g/mol. The monoisotopic (exact) mass is 316 g/mol. The van der Waals surface area contributed by atoms with Crippen LogP contribution in [0.15, 0.2) is 54.6 Å². The molecule has 0 aliphatic rings. The molecule has 0 aromatic heterocycles. The van der Waals surface area contributed by atoms with Crippen LogP contribution in [0, 0.1) is 0 Å². The summed E-state index contributed by atoms with van der Waals surface area (Å²) in [6.07, 6.45) is 0. The van der Waals surface area contributed by atoms with Gasteiger partial charge in [0.05, 0.1) is 11.8 Å². The number of carbonyl (C=O) groups is 2. The number of benzene rings is 2. The largest absolute Gasteiger partial charge is 0.464 e. The van der Waals surface area contributed by atoms with Gasteiger partial charge in [0, 0.05) is 11.1 Å². The molecule has 114 valence electrons. The van der Waals surface area contributed by atoms with E-state index < -0.39 is 5.92 Å². The summed E-state index contributed by atoms with van der Waals surface area (Å²) in [6, 6.07) is 16.1. The van der Waals surface area contributed by atoms with E-state index in [1.165, 1.54) is 0 Å². The second-order valence-corrected chi connectivity index (χ2v) is 5.28. The molecule has 0 N–H and O–H groups in total. The smallest absolute Gasteiger partial charge is 0.313 e. The van der Waals surface area contributed by atoms with Gasteiger partial charge in [-0.1, -0.05) is 48.5 Å².